The Kier molecular flexibility index (Phi) is 41.6. The van der Waals surface area contributed by atoms with Crippen LogP contribution >= 0.6 is 7.82 Å². The van der Waals surface area contributed by atoms with E-state index in [1.807, 2.05) is 27.2 Å². The first-order valence-electron chi connectivity index (χ1n) is 25.0. The standard InChI is InChI=1S/C51H97N2O6P/c1-6-8-10-12-14-16-18-20-21-22-23-24-25-26-27-28-29-30-31-33-34-36-38-40-42-44-50(54)49(48-59-60(56,57)58-47-46-53(3,4)5)52-51(55)45-43-41-39-37-35-32-19-17-15-13-11-9-7-2/h9,11,15,17,32,35,42,44,49-50,54H,6-8,10,12-14,16,18-31,33-34,36-41,43,45-48H2,1-5H3,(H-,52,55,56,57)/b11-9-,17-15-,35-32-,44-42+. The molecule has 0 saturated carbocycles. The fourth-order valence-electron chi connectivity index (χ4n) is 7.11. The van der Waals surface area contributed by atoms with Crippen molar-refractivity contribution in [1.82, 2.24) is 5.32 Å². The van der Waals surface area contributed by atoms with Crippen LogP contribution in [0.4, 0.5) is 0 Å². The average Bonchev–Trinajstić information content (AvgIpc) is 3.20. The second kappa shape index (κ2) is 42.7. The van der Waals surface area contributed by atoms with Crippen molar-refractivity contribution in [3.05, 3.63) is 48.6 Å². The number of rotatable bonds is 45. The van der Waals surface area contributed by atoms with Gasteiger partial charge in [0.25, 0.3) is 7.82 Å². The van der Waals surface area contributed by atoms with Gasteiger partial charge in [-0.3, -0.25) is 9.36 Å². The highest BCUT2D eigenvalue weighted by Crippen LogP contribution is 2.38. The van der Waals surface area contributed by atoms with E-state index < -0.39 is 26.6 Å². The quantitative estimate of drug-likeness (QED) is 0.0273. The van der Waals surface area contributed by atoms with E-state index in [1.54, 1.807) is 6.08 Å². The van der Waals surface area contributed by atoms with Gasteiger partial charge in [-0.15, -0.1) is 0 Å². The van der Waals surface area contributed by atoms with Crippen molar-refractivity contribution in [2.24, 2.45) is 0 Å². The van der Waals surface area contributed by atoms with Gasteiger partial charge in [0.05, 0.1) is 39.9 Å². The zero-order chi connectivity index (χ0) is 44.3. The van der Waals surface area contributed by atoms with E-state index in [-0.39, 0.29) is 12.5 Å². The molecule has 2 N–H and O–H groups in total. The number of carbonyl (C=O) groups is 1. The maximum absolute atomic E-state index is 12.8. The first-order chi connectivity index (χ1) is 29.0. The van der Waals surface area contributed by atoms with Crippen LogP contribution in [0.2, 0.25) is 0 Å². The number of unbranched alkanes of at least 4 members (excludes halogenated alkanes) is 26. The Labute approximate surface area is 371 Å². The Morgan fingerprint density at radius 3 is 1.48 bits per heavy atom. The second-order valence-electron chi connectivity index (χ2n) is 18.1. The fourth-order valence-corrected chi connectivity index (χ4v) is 7.83. The minimum Gasteiger partial charge on any atom is -0.756 e. The number of aliphatic hydroxyl groups is 1. The molecular formula is C51H97N2O6P. The van der Waals surface area contributed by atoms with Crippen molar-refractivity contribution >= 4 is 13.7 Å². The molecule has 0 aromatic carbocycles. The highest BCUT2D eigenvalue weighted by atomic mass is 31.2. The Balaban J connectivity index is 4.26. The molecule has 0 rings (SSSR count). The normalized spacial score (nSPS) is 14.6. The molecule has 0 saturated heterocycles. The SMILES string of the molecule is CC/C=C\C/C=C\C/C=C\CCCCCC(=O)NC(COP(=O)([O-])OCC[N+](C)(C)C)C(O)/C=C/CCCCCCCCCCCCCCCCCCCCCCCCC. The van der Waals surface area contributed by atoms with Crippen LogP contribution in [0.25, 0.3) is 0 Å². The first-order valence-corrected chi connectivity index (χ1v) is 26.5. The van der Waals surface area contributed by atoms with Crippen molar-refractivity contribution in [1.29, 1.82) is 0 Å². The van der Waals surface area contributed by atoms with Crippen LogP contribution in [0.5, 0.6) is 0 Å². The number of amides is 1. The predicted octanol–water partition coefficient (Wildman–Crippen LogP) is 13.8. The molecule has 0 heterocycles. The molecule has 0 fully saturated rings. The van der Waals surface area contributed by atoms with Gasteiger partial charge in [0, 0.05) is 6.42 Å². The summed E-state index contributed by atoms with van der Waals surface area (Å²) >= 11 is 0. The number of hydrogen-bond donors (Lipinski definition) is 2. The summed E-state index contributed by atoms with van der Waals surface area (Å²) in [5.74, 6) is -0.227. The number of hydrogen-bond acceptors (Lipinski definition) is 6. The molecule has 60 heavy (non-hydrogen) atoms. The van der Waals surface area contributed by atoms with Crippen LogP contribution in [0.15, 0.2) is 48.6 Å². The smallest absolute Gasteiger partial charge is 0.268 e. The van der Waals surface area contributed by atoms with Crippen LogP contribution in [-0.2, 0) is 18.4 Å². The van der Waals surface area contributed by atoms with Crippen LogP contribution in [-0.4, -0.2) is 68.5 Å². The molecule has 0 aliphatic rings. The van der Waals surface area contributed by atoms with Crippen molar-refractivity contribution in [3.63, 3.8) is 0 Å². The van der Waals surface area contributed by atoms with E-state index in [4.69, 9.17) is 9.05 Å². The van der Waals surface area contributed by atoms with Crippen molar-refractivity contribution in [2.45, 2.75) is 231 Å². The Bertz CT molecular complexity index is 1120. The number of phosphoric ester groups is 1. The number of nitrogens with zero attached hydrogens (tertiary/aromatic N) is 1. The minimum atomic E-state index is -4.60. The lowest BCUT2D eigenvalue weighted by Gasteiger charge is -2.29. The van der Waals surface area contributed by atoms with Crippen LogP contribution in [0.3, 0.4) is 0 Å². The second-order valence-corrected chi connectivity index (χ2v) is 19.6. The highest BCUT2D eigenvalue weighted by Gasteiger charge is 2.23. The summed E-state index contributed by atoms with van der Waals surface area (Å²) < 4.78 is 23.2. The first kappa shape index (κ1) is 58.5. The van der Waals surface area contributed by atoms with E-state index in [9.17, 15) is 19.4 Å². The fraction of sp³-hybridized carbons (Fsp3) is 0.824. The predicted molar refractivity (Wildman–Crippen MR) is 256 cm³/mol. The number of phosphoric acid groups is 1. The van der Waals surface area contributed by atoms with Gasteiger partial charge in [0.2, 0.25) is 5.91 Å². The zero-order valence-electron chi connectivity index (χ0n) is 39.9. The molecule has 1 amide bonds. The number of quaternary nitrogens is 1. The summed E-state index contributed by atoms with van der Waals surface area (Å²) in [6.45, 7) is 4.51. The van der Waals surface area contributed by atoms with Gasteiger partial charge in [-0.1, -0.05) is 210 Å². The number of nitrogens with one attached hydrogen (secondary N) is 1. The van der Waals surface area contributed by atoms with Gasteiger partial charge in [0.1, 0.15) is 13.2 Å². The van der Waals surface area contributed by atoms with E-state index in [2.05, 4.69) is 55.6 Å². The Hall–Kier alpha value is -1.54. The van der Waals surface area contributed by atoms with Crippen LogP contribution in [0.1, 0.15) is 219 Å². The third-order valence-corrected chi connectivity index (χ3v) is 12.0. The molecular weight excluding hydrogens is 768 g/mol. The molecule has 0 spiro atoms. The molecule has 9 heteroatoms. The average molecular weight is 865 g/mol. The van der Waals surface area contributed by atoms with E-state index in [0.717, 1.165) is 64.2 Å². The number of likely N-dealkylation sites (N-methyl/N-ethyl adjacent to an activating group) is 1. The molecule has 0 aromatic heterocycles. The lowest BCUT2D eigenvalue weighted by Crippen LogP contribution is -2.45. The number of aliphatic hydroxyl groups excluding tert-OH is 1. The summed E-state index contributed by atoms with van der Waals surface area (Å²) in [5, 5.41) is 13.8. The van der Waals surface area contributed by atoms with Crippen molar-refractivity contribution in [2.75, 3.05) is 40.9 Å². The zero-order valence-corrected chi connectivity index (χ0v) is 40.8. The van der Waals surface area contributed by atoms with Crippen molar-refractivity contribution < 1.29 is 32.9 Å². The summed E-state index contributed by atoms with van der Waals surface area (Å²) in [5.41, 5.74) is 0. The van der Waals surface area contributed by atoms with Gasteiger partial charge in [-0.2, -0.15) is 0 Å². The van der Waals surface area contributed by atoms with Crippen LogP contribution in [0, 0.1) is 0 Å². The van der Waals surface area contributed by atoms with Gasteiger partial charge in [-0.05, 0) is 51.4 Å². The van der Waals surface area contributed by atoms with E-state index >= 15 is 0 Å². The lowest BCUT2D eigenvalue weighted by molar-refractivity contribution is -0.870. The largest absolute Gasteiger partial charge is 0.756 e. The van der Waals surface area contributed by atoms with Gasteiger partial charge < -0.3 is 28.8 Å². The Morgan fingerprint density at radius 2 is 1.02 bits per heavy atom. The van der Waals surface area contributed by atoms with E-state index in [0.29, 0.717) is 17.4 Å². The van der Waals surface area contributed by atoms with Gasteiger partial charge >= 0.3 is 0 Å². The van der Waals surface area contributed by atoms with Gasteiger partial charge in [-0.25, -0.2) is 0 Å². The molecule has 8 nitrogen and oxygen atoms in total. The third-order valence-electron chi connectivity index (χ3n) is 11.0. The maximum Gasteiger partial charge on any atom is 0.268 e. The molecule has 0 aliphatic heterocycles. The summed E-state index contributed by atoms with van der Waals surface area (Å²) in [6.07, 6.45) is 54.7. The summed E-state index contributed by atoms with van der Waals surface area (Å²) in [6, 6.07) is -0.902. The molecule has 352 valence electrons. The third kappa shape index (κ3) is 44.5. The minimum absolute atomic E-state index is 0.00808. The number of allylic oxidation sites excluding steroid dienone is 7. The van der Waals surface area contributed by atoms with Crippen molar-refractivity contribution in [3.8, 4) is 0 Å². The van der Waals surface area contributed by atoms with Gasteiger partial charge in [0.15, 0.2) is 0 Å². The lowest BCUT2D eigenvalue weighted by atomic mass is 10.0. The molecule has 0 aliphatic carbocycles. The molecule has 0 radical (unpaired) electrons. The maximum atomic E-state index is 12.8. The number of carbonyl (C=O) groups excluding carboxylic acids is 1. The highest BCUT2D eigenvalue weighted by molar-refractivity contribution is 7.45. The molecule has 0 aromatic rings. The molecule has 0 bridgehead atoms. The Morgan fingerprint density at radius 1 is 0.600 bits per heavy atom. The summed E-state index contributed by atoms with van der Waals surface area (Å²) in [7, 11) is 1.24. The topological polar surface area (TPSA) is 108 Å². The molecule has 3 unspecified atom stereocenters. The van der Waals surface area contributed by atoms with Crippen LogP contribution < -0.4 is 10.2 Å². The monoisotopic (exact) mass is 865 g/mol. The summed E-state index contributed by atoms with van der Waals surface area (Å²) in [4.78, 5) is 25.3. The molecule has 3 atom stereocenters. The van der Waals surface area contributed by atoms with E-state index in [1.165, 1.54) is 135 Å².